The van der Waals surface area contributed by atoms with Crippen LogP contribution in [0.2, 0.25) is 0 Å². The summed E-state index contributed by atoms with van der Waals surface area (Å²) in [6.45, 7) is 2.58. The largest absolute Gasteiger partial charge is 0.381 e. The molecule has 6 nitrogen and oxygen atoms in total. The number of rotatable bonds is 4. The summed E-state index contributed by atoms with van der Waals surface area (Å²) in [5.41, 5.74) is 0. The van der Waals surface area contributed by atoms with E-state index in [1.165, 1.54) is 11.2 Å². The van der Waals surface area contributed by atoms with Gasteiger partial charge >= 0.3 is 0 Å². The smallest absolute Gasteiger partial charge is 0.185 e. The summed E-state index contributed by atoms with van der Waals surface area (Å²) in [7, 11) is 1.67. The van der Waals surface area contributed by atoms with E-state index in [0.717, 1.165) is 38.4 Å². The minimum Gasteiger partial charge on any atom is -0.381 e. The standard InChI is InChI=1S/C12H17N5O/c1-17(8-13)12-6-11(15-9-16-12)14-7-10-2-4-18-5-3-10/h6,9-10H,2-5,7H2,1H3,(H,14,15,16). The lowest BCUT2D eigenvalue weighted by atomic mass is 10.0. The molecular formula is C12H17N5O. The Labute approximate surface area is 107 Å². The molecule has 0 amide bonds. The maximum absolute atomic E-state index is 8.79. The van der Waals surface area contributed by atoms with Crippen molar-refractivity contribution in [1.29, 1.82) is 5.26 Å². The van der Waals surface area contributed by atoms with Crippen LogP contribution < -0.4 is 10.2 Å². The van der Waals surface area contributed by atoms with Gasteiger partial charge in [0.1, 0.15) is 18.0 Å². The molecule has 0 unspecified atom stereocenters. The minimum absolute atomic E-state index is 0.599. The lowest BCUT2D eigenvalue weighted by Crippen LogP contribution is -2.23. The SMILES string of the molecule is CN(C#N)c1cc(NCC2CCOCC2)ncn1. The van der Waals surface area contributed by atoms with Crippen molar-refractivity contribution in [1.82, 2.24) is 9.97 Å². The first-order valence-corrected chi connectivity index (χ1v) is 6.06. The van der Waals surface area contributed by atoms with Gasteiger partial charge in [0.25, 0.3) is 0 Å². The molecule has 0 radical (unpaired) electrons. The Morgan fingerprint density at radius 1 is 1.50 bits per heavy atom. The van der Waals surface area contributed by atoms with Crippen molar-refractivity contribution in [3.63, 3.8) is 0 Å². The Bertz CT molecular complexity index is 425. The number of ether oxygens (including phenoxy) is 1. The molecule has 0 atom stereocenters. The van der Waals surface area contributed by atoms with Gasteiger partial charge in [0.15, 0.2) is 6.19 Å². The predicted molar refractivity (Wildman–Crippen MR) is 68.1 cm³/mol. The Balaban J connectivity index is 1.91. The van der Waals surface area contributed by atoms with Crippen molar-refractivity contribution < 1.29 is 4.74 Å². The molecule has 1 aliphatic rings. The zero-order valence-corrected chi connectivity index (χ0v) is 10.5. The Morgan fingerprint density at radius 3 is 3.00 bits per heavy atom. The van der Waals surface area contributed by atoms with E-state index in [9.17, 15) is 0 Å². The summed E-state index contributed by atoms with van der Waals surface area (Å²) in [6.07, 6.45) is 5.65. The third-order valence-corrected chi connectivity index (χ3v) is 3.06. The summed E-state index contributed by atoms with van der Waals surface area (Å²) in [6, 6.07) is 1.78. The van der Waals surface area contributed by atoms with Crippen LogP contribution in [0.5, 0.6) is 0 Å². The zero-order chi connectivity index (χ0) is 12.8. The third kappa shape index (κ3) is 3.31. The second-order valence-electron chi connectivity index (χ2n) is 4.36. The second-order valence-corrected chi connectivity index (χ2v) is 4.36. The number of aromatic nitrogens is 2. The maximum Gasteiger partial charge on any atom is 0.185 e. The van der Waals surface area contributed by atoms with Gasteiger partial charge in [-0.05, 0) is 18.8 Å². The fraction of sp³-hybridized carbons (Fsp3) is 0.583. The summed E-state index contributed by atoms with van der Waals surface area (Å²) in [4.78, 5) is 9.59. The molecule has 6 heteroatoms. The lowest BCUT2D eigenvalue weighted by molar-refractivity contribution is 0.0699. The summed E-state index contributed by atoms with van der Waals surface area (Å²) in [5, 5.41) is 12.1. The maximum atomic E-state index is 8.79. The highest BCUT2D eigenvalue weighted by Crippen LogP contribution is 2.16. The first-order chi connectivity index (χ1) is 8.79. The molecular weight excluding hydrogens is 230 g/mol. The van der Waals surface area contributed by atoms with Gasteiger partial charge in [-0.15, -0.1) is 0 Å². The summed E-state index contributed by atoms with van der Waals surface area (Å²) < 4.78 is 5.32. The van der Waals surface area contributed by atoms with E-state index in [-0.39, 0.29) is 0 Å². The van der Waals surface area contributed by atoms with E-state index in [1.54, 1.807) is 13.1 Å². The van der Waals surface area contributed by atoms with Crippen molar-refractivity contribution >= 4 is 11.6 Å². The van der Waals surface area contributed by atoms with Crippen LogP contribution in [-0.4, -0.2) is 36.8 Å². The Hall–Kier alpha value is -1.87. The number of nitrogens with zero attached hydrogens (tertiary/aromatic N) is 4. The van der Waals surface area contributed by atoms with Gasteiger partial charge in [0, 0.05) is 32.9 Å². The van der Waals surface area contributed by atoms with Gasteiger partial charge in [-0.2, -0.15) is 5.26 Å². The van der Waals surface area contributed by atoms with Crippen molar-refractivity contribution in [2.45, 2.75) is 12.8 Å². The Morgan fingerprint density at radius 2 is 2.28 bits per heavy atom. The third-order valence-electron chi connectivity index (χ3n) is 3.06. The number of hydrogen-bond acceptors (Lipinski definition) is 6. The molecule has 1 aliphatic heterocycles. The van der Waals surface area contributed by atoms with Crippen LogP contribution in [0.4, 0.5) is 11.6 Å². The van der Waals surface area contributed by atoms with E-state index in [2.05, 4.69) is 15.3 Å². The van der Waals surface area contributed by atoms with Gasteiger partial charge in [-0.25, -0.2) is 9.97 Å². The molecule has 1 N–H and O–H groups in total. The van der Waals surface area contributed by atoms with E-state index in [4.69, 9.17) is 10.00 Å². The monoisotopic (exact) mass is 247 g/mol. The van der Waals surface area contributed by atoms with Crippen LogP contribution in [0.25, 0.3) is 0 Å². The average molecular weight is 247 g/mol. The topological polar surface area (TPSA) is 74.1 Å². The number of hydrogen-bond donors (Lipinski definition) is 1. The first kappa shape index (κ1) is 12.6. The molecule has 0 aliphatic carbocycles. The van der Waals surface area contributed by atoms with Gasteiger partial charge in [0.2, 0.25) is 0 Å². The second kappa shape index (κ2) is 6.17. The molecule has 1 saturated heterocycles. The highest BCUT2D eigenvalue weighted by atomic mass is 16.5. The van der Waals surface area contributed by atoms with E-state index in [1.807, 2.05) is 6.19 Å². The van der Waals surface area contributed by atoms with E-state index < -0.39 is 0 Å². The van der Waals surface area contributed by atoms with Crippen molar-refractivity contribution in [3.8, 4) is 6.19 Å². The molecule has 0 bridgehead atoms. The van der Waals surface area contributed by atoms with Gasteiger partial charge < -0.3 is 10.1 Å². The molecule has 0 spiro atoms. The predicted octanol–water partition coefficient (Wildman–Crippen LogP) is 1.23. The number of anilines is 2. The molecule has 1 fully saturated rings. The average Bonchev–Trinajstić information content (AvgIpc) is 2.45. The quantitative estimate of drug-likeness (QED) is 0.637. The van der Waals surface area contributed by atoms with Gasteiger partial charge in [-0.1, -0.05) is 0 Å². The molecule has 2 heterocycles. The van der Waals surface area contributed by atoms with Crippen LogP contribution >= 0.6 is 0 Å². The van der Waals surface area contributed by atoms with Crippen molar-refractivity contribution in [3.05, 3.63) is 12.4 Å². The van der Waals surface area contributed by atoms with Crippen LogP contribution in [0.3, 0.4) is 0 Å². The molecule has 1 aromatic rings. The first-order valence-electron chi connectivity index (χ1n) is 6.06. The van der Waals surface area contributed by atoms with Crippen molar-refractivity contribution in [2.24, 2.45) is 5.92 Å². The molecule has 0 saturated carbocycles. The number of nitriles is 1. The van der Waals surface area contributed by atoms with Gasteiger partial charge in [-0.3, -0.25) is 4.90 Å². The lowest BCUT2D eigenvalue weighted by Gasteiger charge is -2.22. The molecule has 0 aromatic carbocycles. The normalized spacial score (nSPS) is 16.0. The van der Waals surface area contributed by atoms with E-state index in [0.29, 0.717) is 11.7 Å². The highest BCUT2D eigenvalue weighted by Gasteiger charge is 2.13. The van der Waals surface area contributed by atoms with E-state index >= 15 is 0 Å². The van der Waals surface area contributed by atoms with Crippen LogP contribution in [0, 0.1) is 17.4 Å². The minimum atomic E-state index is 0.599. The highest BCUT2D eigenvalue weighted by molar-refractivity contribution is 5.50. The van der Waals surface area contributed by atoms with Crippen molar-refractivity contribution in [2.75, 3.05) is 37.0 Å². The summed E-state index contributed by atoms with van der Waals surface area (Å²) in [5.74, 6) is 1.99. The fourth-order valence-corrected chi connectivity index (χ4v) is 1.88. The molecule has 18 heavy (non-hydrogen) atoms. The molecule has 1 aromatic heterocycles. The molecule has 96 valence electrons. The fourth-order valence-electron chi connectivity index (χ4n) is 1.88. The van der Waals surface area contributed by atoms with Crippen LogP contribution in [-0.2, 0) is 4.74 Å². The summed E-state index contributed by atoms with van der Waals surface area (Å²) >= 11 is 0. The number of nitrogens with one attached hydrogen (secondary N) is 1. The van der Waals surface area contributed by atoms with Crippen LogP contribution in [0.15, 0.2) is 12.4 Å². The van der Waals surface area contributed by atoms with Crippen LogP contribution in [0.1, 0.15) is 12.8 Å². The zero-order valence-electron chi connectivity index (χ0n) is 10.5. The van der Waals surface area contributed by atoms with Gasteiger partial charge in [0.05, 0.1) is 0 Å². The molecule has 2 rings (SSSR count). The Kier molecular flexibility index (Phi) is 4.31.